The molecule has 3 heterocycles. The van der Waals surface area contributed by atoms with Gasteiger partial charge in [0.2, 0.25) is 11.5 Å². The maximum atomic E-state index is 13.6. The number of methoxy groups -OCH3 is 1. The molecule has 0 unspecified atom stereocenters. The van der Waals surface area contributed by atoms with Gasteiger partial charge in [-0.2, -0.15) is 5.10 Å². The molecule has 0 saturated heterocycles. The first-order valence-electron chi connectivity index (χ1n) is 15.0. The van der Waals surface area contributed by atoms with Gasteiger partial charge in [0.25, 0.3) is 11.8 Å². The number of aromatic amines is 1. The molecule has 46 heavy (non-hydrogen) atoms. The van der Waals surface area contributed by atoms with Crippen molar-refractivity contribution in [3.05, 3.63) is 93.7 Å². The van der Waals surface area contributed by atoms with Crippen LogP contribution in [0.5, 0.6) is 11.5 Å². The predicted molar refractivity (Wildman–Crippen MR) is 170 cm³/mol. The molecular weight excluding hydrogens is 590 g/mol. The van der Waals surface area contributed by atoms with Gasteiger partial charge >= 0.3 is 0 Å². The zero-order valence-corrected chi connectivity index (χ0v) is 26.2. The van der Waals surface area contributed by atoms with Gasteiger partial charge in [0, 0.05) is 41.5 Å². The molecule has 0 saturated carbocycles. The third-order valence-corrected chi connectivity index (χ3v) is 7.50. The lowest BCUT2D eigenvalue weighted by Crippen LogP contribution is -2.46. The Morgan fingerprint density at radius 1 is 1.02 bits per heavy atom. The highest BCUT2D eigenvalue weighted by Crippen LogP contribution is 2.29. The van der Waals surface area contributed by atoms with Crippen LogP contribution in [0.2, 0.25) is 0 Å². The average molecular weight is 628 g/mol. The number of benzene rings is 2. The minimum Gasteiger partial charge on any atom is -0.493 e. The van der Waals surface area contributed by atoms with Crippen molar-refractivity contribution in [1.29, 1.82) is 0 Å². The molecule has 240 valence electrons. The van der Waals surface area contributed by atoms with Gasteiger partial charge in [-0.1, -0.05) is 44.2 Å². The van der Waals surface area contributed by atoms with Crippen LogP contribution < -0.4 is 25.7 Å². The Bertz CT molecular complexity index is 1780. The van der Waals surface area contributed by atoms with Gasteiger partial charge in [0.15, 0.2) is 23.1 Å². The molecule has 0 fully saturated rings. The zero-order chi connectivity index (χ0) is 32.8. The van der Waals surface area contributed by atoms with Crippen LogP contribution in [-0.4, -0.2) is 75.7 Å². The minimum absolute atomic E-state index is 0.00400. The topological polar surface area (TPSA) is 161 Å². The molecule has 13 heteroatoms. The van der Waals surface area contributed by atoms with Crippen LogP contribution >= 0.6 is 0 Å². The Morgan fingerprint density at radius 2 is 1.80 bits per heavy atom. The second-order valence-corrected chi connectivity index (χ2v) is 11.3. The van der Waals surface area contributed by atoms with E-state index in [1.165, 1.54) is 18.1 Å². The molecule has 0 aliphatic carbocycles. The fourth-order valence-electron chi connectivity index (χ4n) is 5.20. The summed E-state index contributed by atoms with van der Waals surface area (Å²) in [6, 6.07) is 16.5. The number of amides is 3. The Kier molecular flexibility index (Phi) is 9.79. The molecule has 5 rings (SSSR count). The van der Waals surface area contributed by atoms with Crippen molar-refractivity contribution < 1.29 is 23.9 Å². The number of rotatable bonds is 4. The van der Waals surface area contributed by atoms with Crippen LogP contribution in [0, 0.1) is 12.8 Å². The first kappa shape index (κ1) is 31.9. The summed E-state index contributed by atoms with van der Waals surface area (Å²) in [4.78, 5) is 61.3. The van der Waals surface area contributed by atoms with E-state index in [4.69, 9.17) is 19.6 Å². The standard InChI is InChI=1S/C33H37N7O6/c1-20(2)29-31-37-30(22-8-6-5-7-9-22)38-40(31)14-15-46-26-17-23(10-11-25(26)45-4)32(43)34-12-13-39(19-28(42)36-29)33(44)24-16-21(3)35-27(41)18-24/h5-11,16-18,20,29H,12-15,19H2,1-4H3,(H,34,43)(H,35,41)(H,36,42)/t29-/m1/s1. The van der Waals surface area contributed by atoms with Gasteiger partial charge in [-0.3, -0.25) is 19.2 Å². The zero-order valence-electron chi connectivity index (χ0n) is 26.2. The maximum absolute atomic E-state index is 13.6. The lowest BCUT2D eigenvalue weighted by molar-refractivity contribution is -0.123. The van der Waals surface area contributed by atoms with Crippen LogP contribution in [0.1, 0.15) is 52.1 Å². The van der Waals surface area contributed by atoms with Gasteiger partial charge < -0.3 is 30.0 Å². The Labute approximate surface area is 265 Å². The number of aromatic nitrogens is 4. The summed E-state index contributed by atoms with van der Waals surface area (Å²) in [5.74, 6) is 0.383. The van der Waals surface area contributed by atoms with Crippen LogP contribution in [-0.2, 0) is 11.3 Å². The van der Waals surface area contributed by atoms with Gasteiger partial charge in [-0.25, -0.2) is 9.67 Å². The highest BCUT2D eigenvalue weighted by molar-refractivity contribution is 5.97. The monoisotopic (exact) mass is 627 g/mol. The SMILES string of the molecule is COc1ccc2cc1OCCn1nc(-c3ccccc3)nc1[C@@H](C(C)C)NC(=O)CN(C(=O)c1cc(C)[nH]c(=O)c1)CCNC2=O. The van der Waals surface area contributed by atoms with Crippen molar-refractivity contribution in [1.82, 2.24) is 35.3 Å². The first-order chi connectivity index (χ1) is 22.1. The Morgan fingerprint density at radius 3 is 2.52 bits per heavy atom. The lowest BCUT2D eigenvalue weighted by atomic mass is 10.0. The van der Waals surface area contributed by atoms with E-state index in [0.717, 1.165) is 5.56 Å². The molecule has 1 aliphatic rings. The summed E-state index contributed by atoms with van der Waals surface area (Å²) in [7, 11) is 1.52. The molecule has 0 radical (unpaired) electrons. The molecule has 2 bridgehead atoms. The van der Waals surface area contributed by atoms with Crippen molar-refractivity contribution in [3.8, 4) is 22.9 Å². The number of carbonyl (C=O) groups excluding carboxylic acids is 3. The fraction of sp³-hybridized carbons (Fsp3) is 0.333. The van der Waals surface area contributed by atoms with Gasteiger partial charge in [0.1, 0.15) is 6.61 Å². The molecular formula is C33H37N7O6. The summed E-state index contributed by atoms with van der Waals surface area (Å²) >= 11 is 0. The predicted octanol–water partition coefficient (Wildman–Crippen LogP) is 2.73. The smallest absolute Gasteiger partial charge is 0.254 e. The van der Waals surface area contributed by atoms with E-state index in [0.29, 0.717) is 34.4 Å². The molecule has 3 amide bonds. The first-order valence-corrected chi connectivity index (χ1v) is 15.0. The fourth-order valence-corrected chi connectivity index (χ4v) is 5.20. The van der Waals surface area contributed by atoms with Crippen molar-refractivity contribution in [2.75, 3.05) is 33.4 Å². The largest absolute Gasteiger partial charge is 0.493 e. The van der Waals surface area contributed by atoms with E-state index in [2.05, 4.69) is 15.6 Å². The van der Waals surface area contributed by atoms with Gasteiger partial charge in [-0.15, -0.1) is 0 Å². The van der Waals surface area contributed by atoms with Crippen molar-refractivity contribution in [2.24, 2.45) is 5.92 Å². The van der Waals surface area contributed by atoms with Crippen LogP contribution in [0.25, 0.3) is 11.4 Å². The molecule has 4 aromatic rings. The van der Waals surface area contributed by atoms with Crippen LogP contribution in [0.3, 0.4) is 0 Å². The van der Waals surface area contributed by atoms with Crippen molar-refractivity contribution >= 4 is 17.7 Å². The summed E-state index contributed by atoms with van der Waals surface area (Å²) < 4.78 is 13.3. The number of pyridine rings is 1. The third-order valence-electron chi connectivity index (χ3n) is 7.50. The van der Waals surface area contributed by atoms with Crippen LogP contribution in [0.15, 0.2) is 65.5 Å². The number of hydrogen-bond donors (Lipinski definition) is 3. The normalized spacial score (nSPS) is 16.1. The molecule has 13 nitrogen and oxygen atoms in total. The molecule has 1 atom stereocenters. The number of aryl methyl sites for hydroxylation is 1. The molecule has 0 spiro atoms. The van der Waals surface area contributed by atoms with E-state index in [1.54, 1.807) is 35.9 Å². The molecule has 1 aliphatic heterocycles. The quantitative estimate of drug-likeness (QED) is 0.311. The summed E-state index contributed by atoms with van der Waals surface area (Å²) in [5.41, 5.74) is 1.34. The molecule has 3 N–H and O–H groups in total. The number of fused-ring (bicyclic) bond motifs is 3. The molecule has 2 aromatic heterocycles. The summed E-state index contributed by atoms with van der Waals surface area (Å²) in [6.45, 7) is 5.76. The Balaban J connectivity index is 1.54. The highest BCUT2D eigenvalue weighted by Gasteiger charge is 2.28. The van der Waals surface area contributed by atoms with Gasteiger partial charge in [-0.05, 0) is 37.1 Å². The third kappa shape index (κ3) is 7.42. The van der Waals surface area contributed by atoms with E-state index in [1.807, 2.05) is 44.2 Å². The van der Waals surface area contributed by atoms with E-state index in [9.17, 15) is 19.2 Å². The lowest BCUT2D eigenvalue weighted by Gasteiger charge is -2.26. The highest BCUT2D eigenvalue weighted by atomic mass is 16.5. The van der Waals surface area contributed by atoms with E-state index >= 15 is 0 Å². The van der Waals surface area contributed by atoms with Crippen molar-refractivity contribution in [3.63, 3.8) is 0 Å². The van der Waals surface area contributed by atoms with Crippen LogP contribution in [0.4, 0.5) is 0 Å². The number of carbonyl (C=O) groups is 3. The van der Waals surface area contributed by atoms with E-state index < -0.39 is 29.3 Å². The number of H-pyrrole nitrogens is 1. The van der Waals surface area contributed by atoms with Crippen molar-refractivity contribution in [2.45, 2.75) is 33.4 Å². The Hall–Kier alpha value is -5.46. The maximum Gasteiger partial charge on any atom is 0.254 e. The number of nitrogens with zero attached hydrogens (tertiary/aromatic N) is 4. The van der Waals surface area contributed by atoms with E-state index in [-0.39, 0.29) is 44.3 Å². The molecule has 2 aromatic carbocycles. The second-order valence-electron chi connectivity index (χ2n) is 11.3. The second kappa shape index (κ2) is 14.1. The summed E-state index contributed by atoms with van der Waals surface area (Å²) in [5, 5.41) is 10.6. The number of nitrogens with one attached hydrogen (secondary N) is 3. The number of ether oxygens (including phenoxy) is 2. The minimum atomic E-state index is -0.565. The average Bonchev–Trinajstić information content (AvgIpc) is 3.45. The van der Waals surface area contributed by atoms with Gasteiger partial charge in [0.05, 0.1) is 26.2 Å². The number of hydrogen-bond acceptors (Lipinski definition) is 8. The summed E-state index contributed by atoms with van der Waals surface area (Å²) in [6.07, 6.45) is 0.